The van der Waals surface area contributed by atoms with Crippen molar-refractivity contribution in [3.63, 3.8) is 0 Å². The van der Waals surface area contributed by atoms with Gasteiger partial charge in [-0.05, 0) is 12.1 Å². The zero-order valence-electron chi connectivity index (χ0n) is 7.50. The Kier molecular flexibility index (Phi) is 2.29. The minimum atomic E-state index is -0.691. The molecule has 0 spiro atoms. The summed E-state index contributed by atoms with van der Waals surface area (Å²) < 4.78 is 25.9. The van der Waals surface area contributed by atoms with Crippen LogP contribution in [0.15, 0.2) is 35.4 Å². The molecule has 0 saturated heterocycles. The van der Waals surface area contributed by atoms with Gasteiger partial charge in [-0.25, -0.2) is 18.6 Å². The minimum absolute atomic E-state index is 0.195. The second kappa shape index (κ2) is 3.61. The fourth-order valence-electron chi connectivity index (χ4n) is 1.21. The van der Waals surface area contributed by atoms with E-state index in [0.29, 0.717) is 5.56 Å². The van der Waals surface area contributed by atoms with Crippen molar-refractivity contribution >= 4 is 0 Å². The number of H-pyrrole nitrogens is 1. The Hall–Kier alpha value is -2.04. The third kappa shape index (κ3) is 1.90. The Morgan fingerprint density at radius 2 is 2.07 bits per heavy atom. The predicted octanol–water partition coefficient (Wildman–Crippen LogP) is 1.72. The Labute approximate surface area is 83.4 Å². The van der Waals surface area contributed by atoms with Gasteiger partial charge in [0.2, 0.25) is 0 Å². The van der Waals surface area contributed by atoms with E-state index >= 15 is 0 Å². The smallest absolute Gasteiger partial charge is 0.312 e. The molecule has 2 aromatic rings. The van der Waals surface area contributed by atoms with Crippen LogP contribution < -0.4 is 5.69 Å². The molecule has 2 rings (SSSR count). The highest BCUT2D eigenvalue weighted by Gasteiger charge is 2.06. The maximum absolute atomic E-state index is 13.3. The highest BCUT2D eigenvalue weighted by Crippen LogP contribution is 2.20. The molecule has 0 atom stereocenters. The molecule has 0 fully saturated rings. The number of benzene rings is 1. The van der Waals surface area contributed by atoms with E-state index in [1.54, 1.807) is 0 Å². The average molecular weight is 208 g/mol. The van der Waals surface area contributed by atoms with Gasteiger partial charge in [0, 0.05) is 29.6 Å². The molecule has 0 amide bonds. The maximum atomic E-state index is 13.3. The van der Waals surface area contributed by atoms with Gasteiger partial charge in [0.15, 0.2) is 0 Å². The number of hydrogen-bond acceptors (Lipinski definition) is 2. The molecule has 0 radical (unpaired) electrons. The first kappa shape index (κ1) is 9.51. The van der Waals surface area contributed by atoms with Crippen molar-refractivity contribution in [1.82, 2.24) is 9.97 Å². The zero-order chi connectivity index (χ0) is 10.8. The summed E-state index contributed by atoms with van der Waals surface area (Å²) in [5, 5.41) is 0. The van der Waals surface area contributed by atoms with Gasteiger partial charge >= 0.3 is 5.69 Å². The summed E-state index contributed by atoms with van der Waals surface area (Å²) in [5.41, 5.74) is 0.0773. The molecule has 76 valence electrons. The van der Waals surface area contributed by atoms with E-state index in [-0.39, 0.29) is 5.56 Å². The normalized spacial score (nSPS) is 10.3. The van der Waals surface area contributed by atoms with Crippen LogP contribution in [-0.4, -0.2) is 9.97 Å². The van der Waals surface area contributed by atoms with Gasteiger partial charge in [-0.15, -0.1) is 0 Å². The van der Waals surface area contributed by atoms with Crippen molar-refractivity contribution in [3.05, 3.63) is 52.7 Å². The van der Waals surface area contributed by atoms with Crippen LogP contribution in [0, 0.1) is 11.6 Å². The van der Waals surface area contributed by atoms with E-state index in [1.807, 2.05) is 0 Å². The number of nitrogens with zero attached hydrogens (tertiary/aromatic N) is 1. The van der Waals surface area contributed by atoms with Crippen LogP contribution in [0.5, 0.6) is 0 Å². The van der Waals surface area contributed by atoms with E-state index in [9.17, 15) is 13.6 Å². The number of hydrogen-bond donors (Lipinski definition) is 1. The Balaban J connectivity index is 2.54. The van der Waals surface area contributed by atoms with Crippen LogP contribution in [0.1, 0.15) is 0 Å². The highest BCUT2D eigenvalue weighted by molar-refractivity contribution is 5.61. The van der Waals surface area contributed by atoms with Crippen molar-refractivity contribution in [2.45, 2.75) is 0 Å². The second-order valence-electron chi connectivity index (χ2n) is 2.93. The van der Waals surface area contributed by atoms with Gasteiger partial charge in [-0.2, -0.15) is 0 Å². The van der Waals surface area contributed by atoms with E-state index in [1.165, 1.54) is 18.5 Å². The number of aromatic amines is 1. The van der Waals surface area contributed by atoms with Crippen LogP contribution in [0.2, 0.25) is 0 Å². The number of halogens is 2. The third-order valence-corrected chi connectivity index (χ3v) is 1.91. The van der Waals surface area contributed by atoms with Crippen molar-refractivity contribution in [1.29, 1.82) is 0 Å². The summed E-state index contributed by atoms with van der Waals surface area (Å²) in [6.07, 6.45) is 2.56. The quantitative estimate of drug-likeness (QED) is 0.775. The van der Waals surface area contributed by atoms with Gasteiger partial charge in [-0.3, -0.25) is 0 Å². The van der Waals surface area contributed by atoms with Crippen LogP contribution in [-0.2, 0) is 0 Å². The second-order valence-corrected chi connectivity index (χ2v) is 2.93. The van der Waals surface area contributed by atoms with Crippen molar-refractivity contribution in [3.8, 4) is 11.1 Å². The summed E-state index contributed by atoms with van der Waals surface area (Å²) in [7, 11) is 0. The zero-order valence-corrected chi connectivity index (χ0v) is 7.50. The molecule has 0 bridgehead atoms. The van der Waals surface area contributed by atoms with E-state index in [0.717, 1.165) is 12.1 Å². The first-order valence-electron chi connectivity index (χ1n) is 4.17. The lowest BCUT2D eigenvalue weighted by molar-refractivity contribution is 0.585. The molecular weight excluding hydrogens is 202 g/mol. The fourth-order valence-corrected chi connectivity index (χ4v) is 1.21. The monoisotopic (exact) mass is 208 g/mol. The van der Waals surface area contributed by atoms with Crippen molar-refractivity contribution in [2.75, 3.05) is 0 Å². The standard InChI is InChI=1S/C10H6F2N2O/c11-7-1-2-8(9(12)3-7)6-4-13-10(15)14-5-6/h1-5H,(H,13,14,15). The summed E-state index contributed by atoms with van der Waals surface area (Å²) in [6, 6.07) is 3.21. The number of rotatable bonds is 1. The Morgan fingerprint density at radius 3 is 2.67 bits per heavy atom. The molecule has 0 saturated carbocycles. The summed E-state index contributed by atoms with van der Waals surface area (Å²) in [5.74, 6) is -1.34. The Morgan fingerprint density at radius 1 is 1.27 bits per heavy atom. The van der Waals surface area contributed by atoms with Crippen molar-refractivity contribution < 1.29 is 8.78 Å². The number of nitrogens with one attached hydrogen (secondary N) is 1. The fraction of sp³-hybridized carbons (Fsp3) is 0. The SMILES string of the molecule is O=c1ncc(-c2ccc(F)cc2F)c[nH]1. The number of aromatic nitrogens is 2. The lowest BCUT2D eigenvalue weighted by atomic mass is 10.1. The molecule has 1 aromatic heterocycles. The van der Waals surface area contributed by atoms with Gasteiger partial charge in [0.1, 0.15) is 11.6 Å². The molecule has 0 aliphatic carbocycles. The molecule has 5 heteroatoms. The Bertz CT molecular complexity index is 531. The van der Waals surface area contributed by atoms with Gasteiger partial charge < -0.3 is 4.98 Å². The van der Waals surface area contributed by atoms with Crippen LogP contribution in [0.3, 0.4) is 0 Å². The van der Waals surface area contributed by atoms with E-state index < -0.39 is 17.3 Å². The first-order valence-corrected chi connectivity index (χ1v) is 4.17. The van der Waals surface area contributed by atoms with E-state index in [4.69, 9.17) is 0 Å². The highest BCUT2D eigenvalue weighted by atomic mass is 19.1. The molecule has 3 nitrogen and oxygen atoms in total. The predicted molar refractivity (Wildman–Crippen MR) is 50.2 cm³/mol. The molecule has 1 heterocycles. The first-order chi connectivity index (χ1) is 7.16. The molecular formula is C10H6F2N2O. The molecule has 0 unspecified atom stereocenters. The average Bonchev–Trinajstić information content (AvgIpc) is 2.20. The largest absolute Gasteiger partial charge is 0.344 e. The topological polar surface area (TPSA) is 45.8 Å². The van der Waals surface area contributed by atoms with E-state index in [2.05, 4.69) is 9.97 Å². The summed E-state index contributed by atoms with van der Waals surface area (Å²) in [6.45, 7) is 0. The van der Waals surface area contributed by atoms with Crippen LogP contribution >= 0.6 is 0 Å². The maximum Gasteiger partial charge on any atom is 0.344 e. The molecule has 1 N–H and O–H groups in total. The van der Waals surface area contributed by atoms with Gasteiger partial charge in [0.25, 0.3) is 0 Å². The molecule has 0 aliphatic heterocycles. The minimum Gasteiger partial charge on any atom is -0.312 e. The van der Waals surface area contributed by atoms with Gasteiger partial charge in [0.05, 0.1) is 0 Å². The van der Waals surface area contributed by atoms with Crippen molar-refractivity contribution in [2.24, 2.45) is 0 Å². The summed E-state index contributed by atoms with van der Waals surface area (Å²) >= 11 is 0. The third-order valence-electron chi connectivity index (χ3n) is 1.91. The molecule has 1 aromatic carbocycles. The van der Waals surface area contributed by atoms with Gasteiger partial charge in [-0.1, -0.05) is 0 Å². The summed E-state index contributed by atoms with van der Waals surface area (Å²) in [4.78, 5) is 16.4. The van der Waals surface area contributed by atoms with Crippen LogP contribution in [0.25, 0.3) is 11.1 Å². The molecule has 15 heavy (non-hydrogen) atoms. The lowest BCUT2D eigenvalue weighted by Crippen LogP contribution is -2.08. The van der Waals surface area contributed by atoms with Crippen LogP contribution in [0.4, 0.5) is 8.78 Å². The lowest BCUT2D eigenvalue weighted by Gasteiger charge is -2.01. The molecule has 0 aliphatic rings.